The molecular weight excluding hydrogens is 452 g/mol. The van der Waals surface area contributed by atoms with Crippen LogP contribution in [0, 0.1) is 0 Å². The number of fused-ring (bicyclic) bond motifs is 1. The molecule has 0 radical (unpaired) electrons. The lowest BCUT2D eigenvalue weighted by Crippen LogP contribution is -2.45. The predicted molar refractivity (Wildman–Crippen MR) is 144 cm³/mol. The Labute approximate surface area is 213 Å². The quantitative estimate of drug-likeness (QED) is 0.314. The number of para-hydroxylation sites is 1. The van der Waals surface area contributed by atoms with Crippen LogP contribution in [-0.4, -0.2) is 95.0 Å². The first kappa shape index (κ1) is 26.2. The average Bonchev–Trinajstić information content (AvgIpc) is 2.87. The third kappa shape index (κ3) is 7.07. The zero-order valence-corrected chi connectivity index (χ0v) is 21.7. The van der Waals surface area contributed by atoms with Crippen molar-refractivity contribution in [3.8, 4) is 0 Å². The topological polar surface area (TPSA) is 84.8 Å². The number of hydrogen-bond acceptors (Lipinski definition) is 8. The minimum Gasteiger partial charge on any atom is -0.385 e. The third-order valence-electron chi connectivity index (χ3n) is 6.58. The van der Waals surface area contributed by atoms with E-state index in [-0.39, 0.29) is 5.78 Å². The van der Waals surface area contributed by atoms with E-state index in [2.05, 4.69) is 46.2 Å². The predicted octanol–water partition coefficient (Wildman–Crippen LogP) is 2.87. The van der Waals surface area contributed by atoms with Crippen molar-refractivity contribution >= 4 is 22.5 Å². The summed E-state index contributed by atoms with van der Waals surface area (Å²) in [4.78, 5) is 28.7. The van der Waals surface area contributed by atoms with Crippen LogP contribution in [0.1, 0.15) is 35.1 Å². The minimum absolute atomic E-state index is 0.238. The van der Waals surface area contributed by atoms with Gasteiger partial charge in [-0.1, -0.05) is 36.4 Å². The highest BCUT2D eigenvalue weighted by molar-refractivity contribution is 5.99. The van der Waals surface area contributed by atoms with E-state index in [9.17, 15) is 9.90 Å². The Morgan fingerprint density at radius 3 is 2.33 bits per heavy atom. The van der Waals surface area contributed by atoms with Crippen LogP contribution in [0.5, 0.6) is 0 Å². The van der Waals surface area contributed by atoms with Crippen LogP contribution in [-0.2, 0) is 13.1 Å². The lowest BCUT2D eigenvalue weighted by atomic mass is 10.0. The molecule has 0 spiro atoms. The van der Waals surface area contributed by atoms with Gasteiger partial charge in [0.25, 0.3) is 0 Å². The molecule has 1 saturated heterocycles. The first-order chi connectivity index (χ1) is 17.4. The van der Waals surface area contributed by atoms with Gasteiger partial charge in [0.15, 0.2) is 5.78 Å². The van der Waals surface area contributed by atoms with Crippen molar-refractivity contribution in [3.05, 3.63) is 65.5 Å². The molecule has 0 amide bonds. The highest BCUT2D eigenvalue weighted by atomic mass is 16.3. The molecule has 1 aromatic heterocycles. The van der Waals surface area contributed by atoms with Crippen LogP contribution in [0.15, 0.2) is 48.5 Å². The molecule has 1 aliphatic heterocycles. The standard InChI is InChI=1S/C28H38N6O2/c1-21(35)27(36)23-11-9-22(10-12-23)19-33-15-17-34(18-16-33)20-26-30-25-8-5-4-7-24(25)28(31-26)29-13-6-14-32(2)3/h4-5,7-12,21,35H,6,13-20H2,1-3H3,(H,29,30,31). The molecule has 3 aromatic rings. The summed E-state index contributed by atoms with van der Waals surface area (Å²) in [6, 6.07) is 15.8. The Hall–Kier alpha value is -2.91. The number of nitrogens with zero attached hydrogens (tertiary/aromatic N) is 5. The molecule has 0 bridgehead atoms. The molecule has 2 N–H and O–H groups in total. The van der Waals surface area contributed by atoms with Crippen molar-refractivity contribution in [1.29, 1.82) is 0 Å². The van der Waals surface area contributed by atoms with Gasteiger partial charge in [0.1, 0.15) is 17.7 Å². The molecule has 1 atom stereocenters. The van der Waals surface area contributed by atoms with Gasteiger partial charge in [-0.2, -0.15) is 0 Å². The summed E-state index contributed by atoms with van der Waals surface area (Å²) in [5.41, 5.74) is 2.71. The number of hydrogen-bond donors (Lipinski definition) is 2. The first-order valence-corrected chi connectivity index (χ1v) is 12.8. The number of piperazine rings is 1. The van der Waals surface area contributed by atoms with E-state index in [0.29, 0.717) is 5.56 Å². The van der Waals surface area contributed by atoms with Crippen LogP contribution in [0.2, 0.25) is 0 Å². The van der Waals surface area contributed by atoms with Gasteiger partial charge in [0.05, 0.1) is 12.1 Å². The van der Waals surface area contributed by atoms with Crippen LogP contribution in [0.3, 0.4) is 0 Å². The van der Waals surface area contributed by atoms with E-state index >= 15 is 0 Å². The molecule has 2 aromatic carbocycles. The summed E-state index contributed by atoms with van der Waals surface area (Å²) in [5, 5.41) is 14.1. The van der Waals surface area contributed by atoms with Crippen LogP contribution < -0.4 is 5.32 Å². The molecule has 4 rings (SSSR count). The molecule has 192 valence electrons. The molecule has 36 heavy (non-hydrogen) atoms. The van der Waals surface area contributed by atoms with E-state index < -0.39 is 6.10 Å². The Morgan fingerprint density at radius 2 is 1.67 bits per heavy atom. The summed E-state index contributed by atoms with van der Waals surface area (Å²) in [7, 11) is 4.19. The van der Waals surface area contributed by atoms with Crippen LogP contribution >= 0.6 is 0 Å². The molecule has 8 nitrogen and oxygen atoms in total. The lowest BCUT2D eigenvalue weighted by molar-refractivity contribution is 0.0779. The van der Waals surface area contributed by atoms with Crippen molar-refractivity contribution in [2.45, 2.75) is 32.5 Å². The number of carbonyl (C=O) groups excluding carboxylic acids is 1. The molecule has 1 unspecified atom stereocenters. The number of carbonyl (C=O) groups is 1. The van der Waals surface area contributed by atoms with Crippen molar-refractivity contribution < 1.29 is 9.90 Å². The Kier molecular flexibility index (Phi) is 8.98. The van der Waals surface area contributed by atoms with Gasteiger partial charge in [-0.15, -0.1) is 0 Å². The SMILES string of the molecule is CC(O)C(=O)c1ccc(CN2CCN(Cc3nc(NCCCN(C)C)c4ccccc4n3)CC2)cc1. The summed E-state index contributed by atoms with van der Waals surface area (Å²) >= 11 is 0. The summed E-state index contributed by atoms with van der Waals surface area (Å²) < 4.78 is 0. The van der Waals surface area contributed by atoms with Gasteiger partial charge in [0, 0.05) is 50.2 Å². The molecular formula is C28H38N6O2. The second-order valence-electron chi connectivity index (χ2n) is 9.88. The van der Waals surface area contributed by atoms with Crippen molar-refractivity contribution in [3.63, 3.8) is 0 Å². The normalized spacial score (nSPS) is 15.9. The number of nitrogens with one attached hydrogen (secondary N) is 1. The molecule has 2 heterocycles. The maximum atomic E-state index is 11.9. The maximum absolute atomic E-state index is 11.9. The number of aliphatic hydroxyl groups is 1. The second-order valence-corrected chi connectivity index (χ2v) is 9.88. The maximum Gasteiger partial charge on any atom is 0.190 e. The average molecular weight is 491 g/mol. The van der Waals surface area contributed by atoms with Crippen LogP contribution in [0.25, 0.3) is 10.9 Å². The zero-order chi connectivity index (χ0) is 25.5. The summed E-state index contributed by atoms with van der Waals surface area (Å²) in [6.07, 6.45) is 0.0906. The fourth-order valence-corrected chi connectivity index (χ4v) is 4.51. The van der Waals surface area contributed by atoms with E-state index in [4.69, 9.17) is 9.97 Å². The smallest absolute Gasteiger partial charge is 0.190 e. The molecule has 1 fully saturated rings. The largest absolute Gasteiger partial charge is 0.385 e. The molecule has 1 aliphatic rings. The lowest BCUT2D eigenvalue weighted by Gasteiger charge is -2.34. The van der Waals surface area contributed by atoms with E-state index in [1.807, 2.05) is 36.4 Å². The highest BCUT2D eigenvalue weighted by Crippen LogP contribution is 2.21. The van der Waals surface area contributed by atoms with Gasteiger partial charge >= 0.3 is 0 Å². The van der Waals surface area contributed by atoms with Gasteiger partial charge in [-0.25, -0.2) is 9.97 Å². The second kappa shape index (κ2) is 12.4. The molecule has 8 heteroatoms. The van der Waals surface area contributed by atoms with E-state index in [0.717, 1.165) is 81.3 Å². The summed E-state index contributed by atoms with van der Waals surface area (Å²) in [6.45, 7) is 8.87. The van der Waals surface area contributed by atoms with Crippen molar-refractivity contribution in [1.82, 2.24) is 24.7 Å². The highest BCUT2D eigenvalue weighted by Gasteiger charge is 2.19. The number of rotatable bonds is 11. The minimum atomic E-state index is -0.967. The zero-order valence-electron chi connectivity index (χ0n) is 21.7. The number of benzene rings is 2. The van der Waals surface area contributed by atoms with Gasteiger partial charge in [-0.05, 0) is 51.7 Å². The van der Waals surface area contributed by atoms with Gasteiger partial charge < -0.3 is 15.3 Å². The number of anilines is 1. The van der Waals surface area contributed by atoms with Gasteiger partial charge in [0.2, 0.25) is 0 Å². The monoisotopic (exact) mass is 490 g/mol. The Morgan fingerprint density at radius 1 is 1.00 bits per heavy atom. The molecule has 0 saturated carbocycles. The number of Topliss-reactive ketones (excluding diaryl/α,β-unsaturated/α-hetero) is 1. The van der Waals surface area contributed by atoms with Gasteiger partial charge in [-0.3, -0.25) is 14.6 Å². The number of ketones is 1. The Bertz CT molecular complexity index is 1140. The van der Waals surface area contributed by atoms with E-state index in [1.165, 1.54) is 12.5 Å². The van der Waals surface area contributed by atoms with Crippen molar-refractivity contribution in [2.75, 3.05) is 58.7 Å². The van der Waals surface area contributed by atoms with Crippen LogP contribution in [0.4, 0.5) is 5.82 Å². The third-order valence-corrected chi connectivity index (χ3v) is 6.58. The molecule has 0 aliphatic carbocycles. The first-order valence-electron chi connectivity index (χ1n) is 12.8. The number of aromatic nitrogens is 2. The van der Waals surface area contributed by atoms with Crippen molar-refractivity contribution in [2.24, 2.45) is 0 Å². The number of aliphatic hydroxyl groups excluding tert-OH is 1. The fourth-order valence-electron chi connectivity index (χ4n) is 4.51. The van der Waals surface area contributed by atoms with E-state index in [1.54, 1.807) is 0 Å². The fraction of sp³-hybridized carbons (Fsp3) is 0.464. The Balaban J connectivity index is 1.32. The summed E-state index contributed by atoms with van der Waals surface area (Å²) in [5.74, 6) is 1.54.